The molecule has 0 saturated carbocycles. The summed E-state index contributed by atoms with van der Waals surface area (Å²) >= 11 is 5.00. The summed E-state index contributed by atoms with van der Waals surface area (Å²) in [6.45, 7) is 2.35. The quantitative estimate of drug-likeness (QED) is 0.888. The summed E-state index contributed by atoms with van der Waals surface area (Å²) in [5.74, 6) is -0.890. The number of aliphatic carboxylic acids is 1. The third-order valence-corrected chi connectivity index (χ3v) is 4.58. The van der Waals surface area contributed by atoms with Gasteiger partial charge in [0.15, 0.2) is 0 Å². The van der Waals surface area contributed by atoms with Crippen LogP contribution in [0.5, 0.6) is 0 Å². The first kappa shape index (κ1) is 11.7. The molecule has 1 heterocycles. The van der Waals surface area contributed by atoms with E-state index in [2.05, 4.69) is 15.9 Å². The van der Waals surface area contributed by atoms with E-state index in [0.29, 0.717) is 6.54 Å². The average Bonchev–Trinajstić information content (AvgIpc) is 2.44. The van der Waals surface area contributed by atoms with Crippen LogP contribution in [0.4, 0.5) is 0 Å². The van der Waals surface area contributed by atoms with Crippen LogP contribution in [-0.4, -0.2) is 17.6 Å². The Morgan fingerprint density at radius 1 is 1.79 bits per heavy atom. The van der Waals surface area contributed by atoms with Crippen molar-refractivity contribution in [2.75, 3.05) is 6.54 Å². The fourth-order valence-corrected chi connectivity index (χ4v) is 3.15. The van der Waals surface area contributed by atoms with Crippen molar-refractivity contribution >= 4 is 33.2 Å². The van der Waals surface area contributed by atoms with Gasteiger partial charge in [-0.25, -0.2) is 0 Å². The Kier molecular flexibility index (Phi) is 4.10. The lowest BCUT2D eigenvalue weighted by Crippen LogP contribution is -2.15. The SMILES string of the molecule is Cc1csc(C(CN)CC(=O)O)c1Br. The smallest absolute Gasteiger partial charge is 0.304 e. The van der Waals surface area contributed by atoms with Crippen molar-refractivity contribution in [2.24, 2.45) is 5.73 Å². The average molecular weight is 278 g/mol. The van der Waals surface area contributed by atoms with Gasteiger partial charge in [-0.15, -0.1) is 11.3 Å². The minimum atomic E-state index is -0.807. The highest BCUT2D eigenvalue weighted by Crippen LogP contribution is 2.34. The zero-order chi connectivity index (χ0) is 10.7. The Hall–Kier alpha value is -0.390. The Balaban J connectivity index is 2.89. The summed E-state index contributed by atoms with van der Waals surface area (Å²) in [5, 5.41) is 10.7. The van der Waals surface area contributed by atoms with Gasteiger partial charge in [0.25, 0.3) is 0 Å². The molecule has 0 aliphatic carbocycles. The van der Waals surface area contributed by atoms with Gasteiger partial charge >= 0.3 is 5.97 Å². The molecule has 1 aromatic heterocycles. The molecule has 3 nitrogen and oxygen atoms in total. The van der Waals surface area contributed by atoms with Crippen molar-refractivity contribution < 1.29 is 9.90 Å². The van der Waals surface area contributed by atoms with E-state index in [1.165, 1.54) is 0 Å². The number of rotatable bonds is 4. The van der Waals surface area contributed by atoms with Gasteiger partial charge in [0, 0.05) is 21.8 Å². The second kappa shape index (κ2) is 4.91. The van der Waals surface area contributed by atoms with Crippen molar-refractivity contribution in [2.45, 2.75) is 19.3 Å². The first-order valence-corrected chi connectivity index (χ1v) is 5.88. The molecule has 1 atom stereocenters. The topological polar surface area (TPSA) is 63.3 Å². The van der Waals surface area contributed by atoms with Gasteiger partial charge in [-0.05, 0) is 33.8 Å². The largest absolute Gasteiger partial charge is 0.481 e. The highest BCUT2D eigenvalue weighted by Gasteiger charge is 2.19. The monoisotopic (exact) mass is 277 g/mol. The molecule has 0 radical (unpaired) electrons. The van der Waals surface area contributed by atoms with Gasteiger partial charge in [0.05, 0.1) is 6.42 Å². The molecule has 1 aromatic rings. The number of hydrogen-bond donors (Lipinski definition) is 2. The summed E-state index contributed by atoms with van der Waals surface area (Å²) in [5.41, 5.74) is 6.69. The number of carbonyl (C=O) groups is 1. The number of carboxylic acid groups (broad SMARTS) is 1. The van der Waals surface area contributed by atoms with E-state index in [-0.39, 0.29) is 12.3 Å². The van der Waals surface area contributed by atoms with Gasteiger partial charge < -0.3 is 10.8 Å². The number of halogens is 1. The van der Waals surface area contributed by atoms with E-state index in [4.69, 9.17) is 10.8 Å². The number of carboxylic acids is 1. The molecular weight excluding hydrogens is 266 g/mol. The van der Waals surface area contributed by atoms with Crippen LogP contribution < -0.4 is 5.73 Å². The third kappa shape index (κ3) is 2.56. The second-order valence-electron chi connectivity index (χ2n) is 3.13. The normalized spacial score (nSPS) is 12.8. The lowest BCUT2D eigenvalue weighted by molar-refractivity contribution is -0.137. The van der Waals surface area contributed by atoms with E-state index < -0.39 is 5.97 Å². The molecule has 14 heavy (non-hydrogen) atoms. The van der Waals surface area contributed by atoms with Crippen molar-refractivity contribution in [1.82, 2.24) is 0 Å². The van der Waals surface area contributed by atoms with E-state index in [1.807, 2.05) is 12.3 Å². The van der Waals surface area contributed by atoms with Crippen molar-refractivity contribution in [1.29, 1.82) is 0 Å². The third-order valence-electron chi connectivity index (χ3n) is 2.00. The molecule has 0 saturated heterocycles. The highest BCUT2D eigenvalue weighted by atomic mass is 79.9. The number of aryl methyl sites for hydroxylation is 1. The summed E-state index contributed by atoms with van der Waals surface area (Å²) < 4.78 is 0.999. The maximum Gasteiger partial charge on any atom is 0.304 e. The van der Waals surface area contributed by atoms with E-state index in [9.17, 15) is 4.79 Å². The zero-order valence-electron chi connectivity index (χ0n) is 7.79. The molecule has 3 N–H and O–H groups in total. The summed E-state index contributed by atoms with van der Waals surface area (Å²) in [4.78, 5) is 11.6. The lowest BCUT2D eigenvalue weighted by Gasteiger charge is -2.10. The van der Waals surface area contributed by atoms with E-state index in [1.54, 1.807) is 11.3 Å². The van der Waals surface area contributed by atoms with Crippen LogP contribution in [0.1, 0.15) is 22.8 Å². The maximum atomic E-state index is 10.6. The summed E-state index contributed by atoms with van der Waals surface area (Å²) in [6, 6.07) is 0. The van der Waals surface area contributed by atoms with Crippen LogP contribution in [0, 0.1) is 6.92 Å². The second-order valence-corrected chi connectivity index (χ2v) is 4.83. The molecule has 0 aliphatic heterocycles. The molecule has 0 amide bonds. The van der Waals surface area contributed by atoms with Crippen LogP contribution in [0.15, 0.2) is 9.85 Å². The predicted octanol–water partition coefficient (Wildman–Crippen LogP) is 2.34. The Labute approximate surface area is 95.1 Å². The van der Waals surface area contributed by atoms with Crippen LogP contribution in [0.3, 0.4) is 0 Å². The molecule has 1 unspecified atom stereocenters. The summed E-state index contributed by atoms with van der Waals surface area (Å²) in [6.07, 6.45) is 0.0923. The molecular formula is C9H12BrNO2S. The Morgan fingerprint density at radius 2 is 2.43 bits per heavy atom. The van der Waals surface area contributed by atoms with Crippen LogP contribution in [0.25, 0.3) is 0 Å². The Morgan fingerprint density at radius 3 is 2.79 bits per heavy atom. The first-order valence-electron chi connectivity index (χ1n) is 4.21. The van der Waals surface area contributed by atoms with Crippen molar-refractivity contribution in [3.05, 3.63) is 20.3 Å². The fraction of sp³-hybridized carbons (Fsp3) is 0.444. The van der Waals surface area contributed by atoms with Gasteiger partial charge in [0.2, 0.25) is 0 Å². The van der Waals surface area contributed by atoms with Crippen LogP contribution >= 0.6 is 27.3 Å². The number of thiophene rings is 1. The summed E-state index contributed by atoms with van der Waals surface area (Å²) in [7, 11) is 0. The highest BCUT2D eigenvalue weighted by molar-refractivity contribution is 9.10. The first-order chi connectivity index (χ1) is 6.56. The standard InChI is InChI=1S/C9H12BrNO2S/c1-5-4-14-9(8(5)10)6(3-11)2-7(12)13/h4,6H,2-3,11H2,1H3,(H,12,13). The van der Waals surface area contributed by atoms with Crippen LogP contribution in [0.2, 0.25) is 0 Å². The van der Waals surface area contributed by atoms with Crippen LogP contribution in [-0.2, 0) is 4.79 Å². The predicted molar refractivity (Wildman–Crippen MR) is 60.8 cm³/mol. The molecule has 0 aromatic carbocycles. The van der Waals surface area contributed by atoms with E-state index >= 15 is 0 Å². The number of hydrogen-bond acceptors (Lipinski definition) is 3. The minimum absolute atomic E-state index is 0.0828. The molecule has 1 rings (SSSR count). The fourth-order valence-electron chi connectivity index (χ4n) is 1.22. The van der Waals surface area contributed by atoms with Gasteiger partial charge in [-0.1, -0.05) is 0 Å². The molecule has 78 valence electrons. The van der Waals surface area contributed by atoms with Gasteiger partial charge in [-0.2, -0.15) is 0 Å². The van der Waals surface area contributed by atoms with Crippen molar-refractivity contribution in [3.8, 4) is 0 Å². The molecule has 0 aliphatic rings. The van der Waals surface area contributed by atoms with Crippen molar-refractivity contribution in [3.63, 3.8) is 0 Å². The number of nitrogens with two attached hydrogens (primary N) is 1. The molecule has 0 fully saturated rings. The maximum absolute atomic E-state index is 10.6. The lowest BCUT2D eigenvalue weighted by atomic mass is 10.0. The van der Waals surface area contributed by atoms with E-state index in [0.717, 1.165) is 14.9 Å². The molecule has 0 bridgehead atoms. The zero-order valence-corrected chi connectivity index (χ0v) is 10.2. The minimum Gasteiger partial charge on any atom is -0.481 e. The molecule has 0 spiro atoms. The Bertz CT molecular complexity index is 338. The van der Waals surface area contributed by atoms with Gasteiger partial charge in [0.1, 0.15) is 0 Å². The molecule has 5 heteroatoms. The van der Waals surface area contributed by atoms with Gasteiger partial charge in [-0.3, -0.25) is 4.79 Å².